The van der Waals surface area contributed by atoms with Crippen LogP contribution in [0.25, 0.3) is 0 Å². The maximum absolute atomic E-state index is 5.69. The highest BCUT2D eigenvalue weighted by atomic mass is 16.5. The van der Waals surface area contributed by atoms with Crippen LogP contribution in [0, 0.1) is 5.41 Å². The van der Waals surface area contributed by atoms with Crippen molar-refractivity contribution in [3.63, 3.8) is 0 Å². The van der Waals surface area contributed by atoms with Crippen molar-refractivity contribution in [2.45, 2.75) is 38.6 Å². The molecule has 92 valence electrons. The van der Waals surface area contributed by atoms with Gasteiger partial charge in [-0.25, -0.2) is 0 Å². The van der Waals surface area contributed by atoms with E-state index in [9.17, 15) is 0 Å². The molecule has 1 heterocycles. The summed E-state index contributed by atoms with van der Waals surface area (Å²) < 4.78 is 5.69. The van der Waals surface area contributed by atoms with Crippen molar-refractivity contribution in [2.24, 2.45) is 5.41 Å². The van der Waals surface area contributed by atoms with E-state index >= 15 is 0 Å². The molecule has 1 unspecified atom stereocenters. The second-order valence-corrected chi connectivity index (χ2v) is 5.77. The monoisotopic (exact) mass is 231 g/mol. The van der Waals surface area contributed by atoms with Crippen molar-refractivity contribution in [1.82, 2.24) is 5.32 Å². The van der Waals surface area contributed by atoms with E-state index in [4.69, 9.17) is 4.74 Å². The van der Waals surface area contributed by atoms with Crippen LogP contribution in [-0.2, 0) is 0 Å². The fourth-order valence-electron chi connectivity index (χ4n) is 2.88. The number of fused-ring (bicyclic) bond motifs is 1. The van der Waals surface area contributed by atoms with Gasteiger partial charge in [0.05, 0.1) is 6.61 Å². The first-order valence-electron chi connectivity index (χ1n) is 6.72. The Balaban J connectivity index is 1.68. The third kappa shape index (κ3) is 2.19. The Bertz CT molecular complexity index is 398. The molecule has 1 aromatic carbocycles. The quantitative estimate of drug-likeness (QED) is 0.862. The van der Waals surface area contributed by atoms with Gasteiger partial charge in [-0.1, -0.05) is 31.5 Å². The summed E-state index contributed by atoms with van der Waals surface area (Å²) in [5, 5.41) is 3.74. The highest BCUT2D eigenvalue weighted by Gasteiger charge is 2.32. The molecule has 3 rings (SSSR count). The number of ether oxygens (including phenoxy) is 1. The Hall–Kier alpha value is -1.02. The van der Waals surface area contributed by atoms with Crippen LogP contribution in [0.2, 0.25) is 0 Å². The van der Waals surface area contributed by atoms with Crippen LogP contribution in [0.4, 0.5) is 0 Å². The van der Waals surface area contributed by atoms with Gasteiger partial charge in [0.1, 0.15) is 5.75 Å². The molecule has 1 aliphatic carbocycles. The Kier molecular flexibility index (Phi) is 2.83. The molecule has 0 bridgehead atoms. The standard InChI is InChI=1S/C15H21NO/c1-15(8-4-9-15)11-16-13-7-10-17-14-6-3-2-5-12(13)14/h2-3,5-6,13,16H,4,7-11H2,1H3. The lowest BCUT2D eigenvalue weighted by atomic mass is 9.70. The zero-order valence-corrected chi connectivity index (χ0v) is 10.5. The maximum Gasteiger partial charge on any atom is 0.124 e. The summed E-state index contributed by atoms with van der Waals surface area (Å²) >= 11 is 0. The third-order valence-electron chi connectivity index (χ3n) is 4.29. The van der Waals surface area contributed by atoms with E-state index in [1.165, 1.54) is 24.8 Å². The number of benzene rings is 1. The second-order valence-electron chi connectivity index (χ2n) is 5.77. The van der Waals surface area contributed by atoms with Gasteiger partial charge in [-0.15, -0.1) is 0 Å². The Morgan fingerprint density at radius 3 is 2.94 bits per heavy atom. The highest BCUT2D eigenvalue weighted by Crippen LogP contribution is 2.40. The lowest BCUT2D eigenvalue weighted by molar-refractivity contribution is 0.143. The molecular weight excluding hydrogens is 210 g/mol. The summed E-state index contributed by atoms with van der Waals surface area (Å²) in [5.41, 5.74) is 1.88. The normalized spacial score (nSPS) is 25.6. The molecule has 1 N–H and O–H groups in total. The SMILES string of the molecule is CC1(CNC2CCOc3ccccc32)CCC1. The summed E-state index contributed by atoms with van der Waals surface area (Å²) in [6.07, 6.45) is 5.26. The Morgan fingerprint density at radius 1 is 1.35 bits per heavy atom. The molecule has 0 amide bonds. The zero-order chi connectivity index (χ0) is 11.7. The van der Waals surface area contributed by atoms with Gasteiger partial charge in [-0.3, -0.25) is 0 Å². The second kappa shape index (κ2) is 4.34. The molecule has 2 heteroatoms. The highest BCUT2D eigenvalue weighted by molar-refractivity contribution is 5.37. The zero-order valence-electron chi connectivity index (χ0n) is 10.5. The Morgan fingerprint density at radius 2 is 2.18 bits per heavy atom. The predicted octanol–water partition coefficient (Wildman–Crippen LogP) is 3.29. The lowest BCUT2D eigenvalue weighted by Gasteiger charge is -2.40. The van der Waals surface area contributed by atoms with Crippen LogP contribution in [0.3, 0.4) is 0 Å². The van der Waals surface area contributed by atoms with E-state index in [2.05, 4.69) is 36.5 Å². The molecule has 2 nitrogen and oxygen atoms in total. The maximum atomic E-state index is 5.69. The first-order valence-corrected chi connectivity index (χ1v) is 6.72. The van der Waals surface area contributed by atoms with E-state index < -0.39 is 0 Å². The van der Waals surface area contributed by atoms with Crippen molar-refractivity contribution in [1.29, 1.82) is 0 Å². The summed E-state index contributed by atoms with van der Waals surface area (Å²) in [6.45, 7) is 4.38. The van der Waals surface area contributed by atoms with Gasteiger partial charge >= 0.3 is 0 Å². The van der Waals surface area contributed by atoms with Crippen LogP contribution in [0.5, 0.6) is 5.75 Å². The van der Waals surface area contributed by atoms with Gasteiger partial charge in [-0.2, -0.15) is 0 Å². The molecular formula is C15H21NO. The number of rotatable bonds is 3. The molecule has 1 saturated carbocycles. The van der Waals surface area contributed by atoms with Crippen molar-refractivity contribution in [3.05, 3.63) is 29.8 Å². The van der Waals surface area contributed by atoms with E-state index in [0.29, 0.717) is 11.5 Å². The number of para-hydroxylation sites is 1. The predicted molar refractivity (Wildman–Crippen MR) is 69.3 cm³/mol. The molecule has 1 atom stereocenters. The third-order valence-corrected chi connectivity index (χ3v) is 4.29. The topological polar surface area (TPSA) is 21.3 Å². The molecule has 0 radical (unpaired) electrons. The van der Waals surface area contributed by atoms with Gasteiger partial charge in [0, 0.05) is 24.6 Å². The fourth-order valence-corrected chi connectivity index (χ4v) is 2.88. The lowest BCUT2D eigenvalue weighted by Crippen LogP contribution is -2.40. The first-order chi connectivity index (χ1) is 8.27. The van der Waals surface area contributed by atoms with Gasteiger partial charge in [-0.05, 0) is 24.3 Å². The minimum absolute atomic E-state index is 0.484. The van der Waals surface area contributed by atoms with Crippen LogP contribution in [0.15, 0.2) is 24.3 Å². The van der Waals surface area contributed by atoms with Crippen LogP contribution < -0.4 is 10.1 Å². The van der Waals surface area contributed by atoms with Crippen LogP contribution in [-0.4, -0.2) is 13.2 Å². The van der Waals surface area contributed by atoms with Crippen molar-refractivity contribution >= 4 is 0 Å². The van der Waals surface area contributed by atoms with E-state index in [1.807, 2.05) is 0 Å². The molecule has 0 spiro atoms. The van der Waals surface area contributed by atoms with E-state index in [1.54, 1.807) is 0 Å². The minimum Gasteiger partial charge on any atom is -0.493 e. The van der Waals surface area contributed by atoms with Crippen LogP contribution in [0.1, 0.15) is 44.2 Å². The largest absolute Gasteiger partial charge is 0.493 e. The molecule has 17 heavy (non-hydrogen) atoms. The molecule has 1 fully saturated rings. The van der Waals surface area contributed by atoms with Crippen molar-refractivity contribution in [2.75, 3.05) is 13.2 Å². The first kappa shape index (κ1) is 11.1. The minimum atomic E-state index is 0.484. The fraction of sp³-hybridized carbons (Fsp3) is 0.600. The summed E-state index contributed by atoms with van der Waals surface area (Å²) in [5.74, 6) is 1.06. The average molecular weight is 231 g/mol. The Labute approximate surface area is 103 Å². The molecule has 0 aromatic heterocycles. The smallest absolute Gasteiger partial charge is 0.124 e. The van der Waals surface area contributed by atoms with Crippen molar-refractivity contribution < 1.29 is 4.74 Å². The van der Waals surface area contributed by atoms with Gasteiger partial charge < -0.3 is 10.1 Å². The summed E-state index contributed by atoms with van der Waals surface area (Å²) in [7, 11) is 0. The van der Waals surface area contributed by atoms with Gasteiger partial charge in [0.25, 0.3) is 0 Å². The van der Waals surface area contributed by atoms with Crippen LogP contribution >= 0.6 is 0 Å². The molecule has 0 saturated heterocycles. The van der Waals surface area contributed by atoms with Crippen molar-refractivity contribution in [3.8, 4) is 5.75 Å². The van der Waals surface area contributed by atoms with E-state index in [0.717, 1.165) is 25.3 Å². The molecule has 2 aliphatic rings. The van der Waals surface area contributed by atoms with Gasteiger partial charge in [0.15, 0.2) is 0 Å². The number of hydrogen-bond donors (Lipinski definition) is 1. The molecule has 1 aromatic rings. The average Bonchev–Trinajstić information content (AvgIpc) is 2.34. The van der Waals surface area contributed by atoms with Gasteiger partial charge in [0.2, 0.25) is 0 Å². The molecule has 1 aliphatic heterocycles. The number of nitrogens with one attached hydrogen (secondary N) is 1. The summed E-state index contributed by atoms with van der Waals surface area (Å²) in [4.78, 5) is 0. The number of hydrogen-bond acceptors (Lipinski definition) is 2. The van der Waals surface area contributed by atoms with E-state index in [-0.39, 0.29) is 0 Å². The summed E-state index contributed by atoms with van der Waals surface area (Å²) in [6, 6.07) is 8.91.